The smallest absolute Gasteiger partial charge is 0.401 e. The molecule has 2 aromatic heterocycles. The Labute approximate surface area is 151 Å². The molecule has 0 fully saturated rings. The first-order valence-corrected chi connectivity index (χ1v) is 8.28. The number of pyridine rings is 1. The van der Waals surface area contributed by atoms with Crippen LogP contribution in [0.2, 0.25) is 0 Å². The van der Waals surface area contributed by atoms with Crippen LogP contribution in [0.5, 0.6) is 0 Å². The van der Waals surface area contributed by atoms with Crippen molar-refractivity contribution < 1.29 is 18.0 Å². The summed E-state index contributed by atoms with van der Waals surface area (Å²) in [5, 5.41) is 0.902. The van der Waals surface area contributed by atoms with E-state index in [2.05, 4.69) is 4.98 Å². The maximum atomic E-state index is 12.7. The molecule has 0 aliphatic heterocycles. The molecule has 4 aromatic rings. The normalized spacial score (nSPS) is 12.0. The Kier molecular flexibility index (Phi) is 3.95. The van der Waals surface area contributed by atoms with Crippen LogP contribution in [0.15, 0.2) is 59.5 Å². The quantitative estimate of drug-likeness (QED) is 0.578. The maximum Gasteiger partial charge on any atom is 0.425 e. The molecule has 27 heavy (non-hydrogen) atoms. The molecule has 0 bridgehead atoms. The molecule has 0 radical (unpaired) electrons. The van der Waals surface area contributed by atoms with Crippen LogP contribution < -0.4 is 10.4 Å². The zero-order chi connectivity index (χ0) is 19.2. The Hall–Kier alpha value is -3.22. The molecular weight excluding hydrogens is 357 g/mol. The number of fused-ring (bicyclic) bond motifs is 3. The van der Waals surface area contributed by atoms with Crippen LogP contribution in [-0.2, 0) is 0 Å². The highest BCUT2D eigenvalue weighted by Crippen LogP contribution is 2.34. The van der Waals surface area contributed by atoms with E-state index in [1.165, 1.54) is 0 Å². The highest BCUT2D eigenvalue weighted by molar-refractivity contribution is 6.11. The molecule has 4 nitrogen and oxygen atoms in total. The molecular formula is C20H15F3N2O2. The SMILES string of the molecule is Cc1ccccc1-c1cccc2c1c1[nH]ccc1c(=O)n2OCC(F)(F)F. The van der Waals surface area contributed by atoms with Gasteiger partial charge in [0.1, 0.15) is 0 Å². The summed E-state index contributed by atoms with van der Waals surface area (Å²) in [6.07, 6.45) is -2.96. The average Bonchev–Trinajstić information content (AvgIpc) is 3.11. The minimum atomic E-state index is -4.55. The van der Waals surface area contributed by atoms with Crippen LogP contribution in [0.4, 0.5) is 13.2 Å². The number of H-pyrrole nitrogens is 1. The zero-order valence-corrected chi connectivity index (χ0v) is 14.3. The lowest BCUT2D eigenvalue weighted by Crippen LogP contribution is -2.33. The number of hydrogen-bond acceptors (Lipinski definition) is 2. The van der Waals surface area contributed by atoms with Gasteiger partial charge >= 0.3 is 6.18 Å². The Balaban J connectivity index is 2.08. The molecule has 0 unspecified atom stereocenters. The van der Waals surface area contributed by atoms with E-state index in [0.717, 1.165) is 21.4 Å². The Morgan fingerprint density at radius 3 is 2.52 bits per heavy atom. The molecule has 0 atom stereocenters. The second kappa shape index (κ2) is 6.19. The number of nitrogens with one attached hydrogen (secondary N) is 1. The fourth-order valence-corrected chi connectivity index (χ4v) is 3.31. The number of alkyl halides is 3. The lowest BCUT2D eigenvalue weighted by molar-refractivity contribution is -0.174. The average molecular weight is 372 g/mol. The fraction of sp³-hybridized carbons (Fsp3) is 0.150. The van der Waals surface area contributed by atoms with E-state index in [-0.39, 0.29) is 10.9 Å². The molecule has 0 aliphatic carbocycles. The summed E-state index contributed by atoms with van der Waals surface area (Å²) in [6, 6.07) is 14.4. The zero-order valence-electron chi connectivity index (χ0n) is 14.3. The number of aromatic nitrogens is 2. The van der Waals surface area contributed by atoms with Crippen LogP contribution in [0.1, 0.15) is 5.56 Å². The highest BCUT2D eigenvalue weighted by Gasteiger charge is 2.30. The van der Waals surface area contributed by atoms with Gasteiger partial charge in [-0.25, -0.2) is 0 Å². The van der Waals surface area contributed by atoms with Gasteiger partial charge in [-0.2, -0.15) is 13.2 Å². The molecule has 138 valence electrons. The molecule has 1 N–H and O–H groups in total. The predicted octanol–water partition coefficient (Wildman–Crippen LogP) is 4.45. The van der Waals surface area contributed by atoms with Gasteiger partial charge in [0.25, 0.3) is 5.56 Å². The molecule has 2 heterocycles. The maximum absolute atomic E-state index is 12.7. The summed E-state index contributed by atoms with van der Waals surface area (Å²) in [6.45, 7) is 0.406. The Bertz CT molecular complexity index is 1210. The van der Waals surface area contributed by atoms with Gasteiger partial charge in [-0.05, 0) is 35.7 Å². The number of benzene rings is 2. The predicted molar refractivity (Wildman–Crippen MR) is 97.7 cm³/mol. The molecule has 7 heteroatoms. The summed E-state index contributed by atoms with van der Waals surface area (Å²) < 4.78 is 38.8. The van der Waals surface area contributed by atoms with E-state index in [4.69, 9.17) is 4.84 Å². The number of halogens is 3. The van der Waals surface area contributed by atoms with E-state index < -0.39 is 18.3 Å². The van der Waals surface area contributed by atoms with Gasteiger partial charge in [0, 0.05) is 11.6 Å². The summed E-state index contributed by atoms with van der Waals surface area (Å²) in [5.41, 5.74) is 2.96. The number of aromatic amines is 1. The number of aryl methyl sites for hydroxylation is 1. The third kappa shape index (κ3) is 2.95. The van der Waals surface area contributed by atoms with Crippen LogP contribution in [-0.4, -0.2) is 22.5 Å². The van der Waals surface area contributed by atoms with Gasteiger partial charge < -0.3 is 9.82 Å². The van der Waals surface area contributed by atoms with Crippen molar-refractivity contribution in [2.75, 3.05) is 6.61 Å². The third-order valence-corrected chi connectivity index (χ3v) is 4.47. The first-order valence-electron chi connectivity index (χ1n) is 8.28. The minimum absolute atomic E-state index is 0.269. The first-order chi connectivity index (χ1) is 12.9. The molecule has 4 rings (SSSR count). The topological polar surface area (TPSA) is 47.0 Å². The summed E-state index contributed by atoms with van der Waals surface area (Å²) in [7, 11) is 0. The number of rotatable bonds is 3. The van der Waals surface area contributed by atoms with Crippen molar-refractivity contribution in [3.63, 3.8) is 0 Å². The van der Waals surface area contributed by atoms with Crippen molar-refractivity contribution in [3.05, 3.63) is 70.6 Å². The number of hydrogen-bond donors (Lipinski definition) is 1. The molecule has 0 aliphatic rings. The van der Waals surface area contributed by atoms with E-state index in [0.29, 0.717) is 10.9 Å². The van der Waals surface area contributed by atoms with Gasteiger partial charge in [-0.3, -0.25) is 4.79 Å². The van der Waals surface area contributed by atoms with Gasteiger partial charge in [0.05, 0.1) is 16.4 Å². The number of nitrogens with zero attached hydrogens (tertiary/aromatic N) is 1. The Morgan fingerprint density at radius 1 is 1.04 bits per heavy atom. The van der Waals surface area contributed by atoms with E-state index in [1.807, 2.05) is 37.3 Å². The molecule has 0 saturated heterocycles. The first kappa shape index (κ1) is 17.2. The van der Waals surface area contributed by atoms with Gasteiger partial charge in [-0.15, -0.1) is 4.73 Å². The van der Waals surface area contributed by atoms with E-state index >= 15 is 0 Å². The van der Waals surface area contributed by atoms with Crippen LogP contribution in [0.3, 0.4) is 0 Å². The molecule has 0 spiro atoms. The largest absolute Gasteiger partial charge is 0.425 e. The second-order valence-electron chi connectivity index (χ2n) is 6.27. The van der Waals surface area contributed by atoms with Crippen molar-refractivity contribution in [2.24, 2.45) is 0 Å². The van der Waals surface area contributed by atoms with E-state index in [1.54, 1.807) is 24.4 Å². The van der Waals surface area contributed by atoms with Crippen molar-refractivity contribution >= 4 is 21.8 Å². The van der Waals surface area contributed by atoms with Crippen LogP contribution in [0.25, 0.3) is 32.9 Å². The fourth-order valence-electron chi connectivity index (χ4n) is 3.31. The van der Waals surface area contributed by atoms with E-state index in [9.17, 15) is 18.0 Å². The minimum Gasteiger partial charge on any atom is -0.401 e. The van der Waals surface area contributed by atoms with Crippen LogP contribution in [0, 0.1) is 6.92 Å². The lowest BCUT2D eigenvalue weighted by Gasteiger charge is -2.16. The third-order valence-electron chi connectivity index (χ3n) is 4.47. The van der Waals surface area contributed by atoms with Crippen molar-refractivity contribution in [1.82, 2.24) is 9.71 Å². The van der Waals surface area contributed by atoms with Gasteiger partial charge in [0.15, 0.2) is 0 Å². The summed E-state index contributed by atoms with van der Waals surface area (Å²) in [5.74, 6) is 0. The van der Waals surface area contributed by atoms with Gasteiger partial charge in [-0.1, -0.05) is 36.4 Å². The molecule has 0 amide bonds. The standard InChI is InChI=1S/C20H15F3N2O2/c1-12-5-2-3-6-13(12)14-7-4-8-16-17(14)18-15(9-10-24-18)19(26)25(16)27-11-20(21,22)23/h2-10,24H,11H2,1H3. The van der Waals surface area contributed by atoms with Gasteiger partial charge in [0.2, 0.25) is 6.61 Å². The van der Waals surface area contributed by atoms with Crippen molar-refractivity contribution in [3.8, 4) is 11.1 Å². The summed E-state index contributed by atoms with van der Waals surface area (Å²) >= 11 is 0. The second-order valence-corrected chi connectivity index (χ2v) is 6.27. The Morgan fingerprint density at radius 2 is 1.78 bits per heavy atom. The van der Waals surface area contributed by atoms with Crippen molar-refractivity contribution in [2.45, 2.75) is 13.1 Å². The summed E-state index contributed by atoms with van der Waals surface area (Å²) in [4.78, 5) is 20.6. The molecule has 0 saturated carbocycles. The van der Waals surface area contributed by atoms with Crippen LogP contribution >= 0.6 is 0 Å². The lowest BCUT2D eigenvalue weighted by atomic mass is 9.96. The highest BCUT2D eigenvalue weighted by atomic mass is 19.4. The molecule has 2 aromatic carbocycles. The monoisotopic (exact) mass is 372 g/mol. The van der Waals surface area contributed by atoms with Crippen molar-refractivity contribution in [1.29, 1.82) is 0 Å².